The van der Waals surface area contributed by atoms with Crippen molar-refractivity contribution in [3.05, 3.63) is 53.3 Å². The molecule has 0 fully saturated rings. The number of aromatic nitrogens is 1. The minimum atomic E-state index is -0.269. The van der Waals surface area contributed by atoms with Crippen molar-refractivity contribution in [2.75, 3.05) is 6.61 Å². The highest BCUT2D eigenvalue weighted by Crippen LogP contribution is 2.32. The van der Waals surface area contributed by atoms with Crippen LogP contribution < -0.4 is 4.74 Å². The molecule has 1 aliphatic carbocycles. The second-order valence-electron chi connectivity index (χ2n) is 5.76. The zero-order valence-corrected chi connectivity index (χ0v) is 12.6. The summed E-state index contributed by atoms with van der Waals surface area (Å²) >= 11 is 0. The molecule has 1 N–H and O–H groups in total. The quantitative estimate of drug-likeness (QED) is 0.851. The van der Waals surface area contributed by atoms with Crippen molar-refractivity contribution in [2.24, 2.45) is 0 Å². The predicted molar refractivity (Wildman–Crippen MR) is 83.6 cm³/mol. The largest absolute Gasteiger partial charge is 0.494 e. The molecule has 0 saturated carbocycles. The number of aliphatic hydroxyl groups is 1. The Hall–Kier alpha value is -1.74. The lowest BCUT2D eigenvalue weighted by molar-refractivity contribution is 0.155. The summed E-state index contributed by atoms with van der Waals surface area (Å²) in [5.41, 5.74) is 3.72. The number of benzene rings is 1. The topological polar surface area (TPSA) is 34.4 Å². The molecular formula is C18H23NO2. The summed E-state index contributed by atoms with van der Waals surface area (Å²) in [5.74, 6) is 0.930. The molecule has 3 heteroatoms. The molecule has 1 aromatic carbocycles. The summed E-state index contributed by atoms with van der Waals surface area (Å²) < 4.78 is 8.10. The normalized spacial score (nSPS) is 17.5. The molecule has 1 aromatic heterocycles. The van der Waals surface area contributed by atoms with E-state index in [2.05, 4.69) is 17.6 Å². The van der Waals surface area contributed by atoms with Gasteiger partial charge >= 0.3 is 0 Å². The Bertz CT molecular complexity index is 589. The standard InChI is InChI=1S/C18H23NO2/c1-14-13-16-17(9-5-10-18(16)20)19(14)11-6-12-21-15-7-3-2-4-8-15/h2-4,7-8,13,18,20H,5-6,9-12H2,1H3. The van der Waals surface area contributed by atoms with E-state index >= 15 is 0 Å². The molecule has 0 bridgehead atoms. The Labute approximate surface area is 126 Å². The van der Waals surface area contributed by atoms with Crippen molar-refractivity contribution in [1.29, 1.82) is 0 Å². The van der Waals surface area contributed by atoms with Crippen molar-refractivity contribution < 1.29 is 9.84 Å². The monoisotopic (exact) mass is 285 g/mol. The summed E-state index contributed by atoms with van der Waals surface area (Å²) in [4.78, 5) is 0. The number of aryl methyl sites for hydroxylation is 1. The molecule has 0 amide bonds. The first kappa shape index (κ1) is 14.2. The van der Waals surface area contributed by atoms with E-state index in [9.17, 15) is 5.11 Å². The summed E-state index contributed by atoms with van der Waals surface area (Å²) in [5, 5.41) is 10.1. The van der Waals surface area contributed by atoms with Crippen LogP contribution in [0.4, 0.5) is 0 Å². The van der Waals surface area contributed by atoms with Crippen LogP contribution in [0.1, 0.15) is 42.3 Å². The number of para-hydroxylation sites is 1. The molecule has 112 valence electrons. The molecule has 1 unspecified atom stereocenters. The summed E-state index contributed by atoms with van der Waals surface area (Å²) in [6.07, 6.45) is 3.77. The van der Waals surface area contributed by atoms with E-state index in [-0.39, 0.29) is 6.10 Å². The minimum Gasteiger partial charge on any atom is -0.494 e. The van der Waals surface area contributed by atoms with Crippen LogP contribution in [0.2, 0.25) is 0 Å². The first-order valence-corrected chi connectivity index (χ1v) is 7.80. The van der Waals surface area contributed by atoms with Gasteiger partial charge in [-0.3, -0.25) is 0 Å². The van der Waals surface area contributed by atoms with Crippen LogP contribution in [-0.4, -0.2) is 16.3 Å². The molecular weight excluding hydrogens is 262 g/mol. The van der Waals surface area contributed by atoms with Gasteiger partial charge in [-0.2, -0.15) is 0 Å². The lowest BCUT2D eigenvalue weighted by Gasteiger charge is -2.20. The smallest absolute Gasteiger partial charge is 0.119 e. The van der Waals surface area contributed by atoms with E-state index in [1.165, 1.54) is 11.4 Å². The second kappa shape index (κ2) is 6.35. The van der Waals surface area contributed by atoms with Gasteiger partial charge in [0, 0.05) is 23.5 Å². The fraction of sp³-hybridized carbons (Fsp3) is 0.444. The average Bonchev–Trinajstić information content (AvgIpc) is 2.82. The minimum absolute atomic E-state index is 0.269. The Morgan fingerprint density at radius 3 is 2.90 bits per heavy atom. The van der Waals surface area contributed by atoms with Gasteiger partial charge in [0.15, 0.2) is 0 Å². The molecule has 3 nitrogen and oxygen atoms in total. The van der Waals surface area contributed by atoms with Gasteiger partial charge in [-0.05, 0) is 50.8 Å². The van der Waals surface area contributed by atoms with E-state index in [1.807, 2.05) is 30.3 Å². The van der Waals surface area contributed by atoms with E-state index in [0.29, 0.717) is 0 Å². The summed E-state index contributed by atoms with van der Waals surface area (Å²) in [7, 11) is 0. The van der Waals surface area contributed by atoms with Crippen LogP contribution >= 0.6 is 0 Å². The van der Waals surface area contributed by atoms with Crippen LogP contribution in [0.25, 0.3) is 0 Å². The molecule has 2 aromatic rings. The van der Waals surface area contributed by atoms with Crippen LogP contribution in [-0.2, 0) is 13.0 Å². The molecule has 0 aliphatic heterocycles. The lowest BCUT2D eigenvalue weighted by Crippen LogP contribution is -2.14. The second-order valence-corrected chi connectivity index (χ2v) is 5.76. The zero-order chi connectivity index (χ0) is 14.7. The Balaban J connectivity index is 1.58. The first-order valence-electron chi connectivity index (χ1n) is 7.80. The van der Waals surface area contributed by atoms with Gasteiger partial charge in [0.05, 0.1) is 12.7 Å². The van der Waals surface area contributed by atoms with Crippen molar-refractivity contribution in [2.45, 2.75) is 45.3 Å². The Morgan fingerprint density at radius 2 is 2.10 bits per heavy atom. The predicted octanol–water partition coefficient (Wildman–Crippen LogP) is 3.64. The van der Waals surface area contributed by atoms with Crippen LogP contribution in [0, 0.1) is 6.92 Å². The third-order valence-electron chi connectivity index (χ3n) is 4.24. The first-order chi connectivity index (χ1) is 10.3. The number of hydrogen-bond donors (Lipinski definition) is 1. The molecule has 3 rings (SSSR count). The van der Waals surface area contributed by atoms with Crippen molar-refractivity contribution in [1.82, 2.24) is 4.57 Å². The fourth-order valence-corrected chi connectivity index (χ4v) is 3.18. The van der Waals surface area contributed by atoms with Crippen LogP contribution in [0.15, 0.2) is 36.4 Å². The number of fused-ring (bicyclic) bond motifs is 1. The molecule has 0 saturated heterocycles. The number of rotatable bonds is 5. The fourth-order valence-electron chi connectivity index (χ4n) is 3.18. The van der Waals surface area contributed by atoms with Crippen molar-refractivity contribution in [3.63, 3.8) is 0 Å². The number of aliphatic hydroxyl groups excluding tert-OH is 1. The third kappa shape index (κ3) is 3.13. The SMILES string of the molecule is Cc1cc2c(n1CCCOc1ccccc1)CCCC2O. The average molecular weight is 285 g/mol. The van der Waals surface area contributed by atoms with Crippen LogP contribution in [0.5, 0.6) is 5.75 Å². The maximum Gasteiger partial charge on any atom is 0.119 e. The molecule has 0 spiro atoms. The van der Waals surface area contributed by atoms with E-state index in [1.54, 1.807) is 0 Å². The highest BCUT2D eigenvalue weighted by atomic mass is 16.5. The Morgan fingerprint density at radius 1 is 1.29 bits per heavy atom. The van der Waals surface area contributed by atoms with Gasteiger partial charge < -0.3 is 14.4 Å². The van der Waals surface area contributed by atoms with Gasteiger partial charge in [-0.15, -0.1) is 0 Å². The molecule has 21 heavy (non-hydrogen) atoms. The number of hydrogen-bond acceptors (Lipinski definition) is 2. The van der Waals surface area contributed by atoms with Gasteiger partial charge in [0.25, 0.3) is 0 Å². The van der Waals surface area contributed by atoms with Gasteiger partial charge in [-0.25, -0.2) is 0 Å². The van der Waals surface area contributed by atoms with Gasteiger partial charge in [0.1, 0.15) is 5.75 Å². The summed E-state index contributed by atoms with van der Waals surface area (Å²) in [6, 6.07) is 12.1. The van der Waals surface area contributed by atoms with E-state index in [4.69, 9.17) is 4.74 Å². The van der Waals surface area contributed by atoms with Crippen molar-refractivity contribution >= 4 is 0 Å². The molecule has 1 aliphatic rings. The molecule has 1 atom stereocenters. The van der Waals surface area contributed by atoms with Gasteiger partial charge in [-0.1, -0.05) is 18.2 Å². The zero-order valence-electron chi connectivity index (χ0n) is 12.6. The lowest BCUT2D eigenvalue weighted by atomic mass is 9.95. The summed E-state index contributed by atoms with van der Waals surface area (Å²) in [6.45, 7) is 3.81. The van der Waals surface area contributed by atoms with E-state index in [0.717, 1.165) is 50.1 Å². The number of ether oxygens (including phenoxy) is 1. The third-order valence-corrected chi connectivity index (χ3v) is 4.24. The number of nitrogens with zero attached hydrogens (tertiary/aromatic N) is 1. The maximum absolute atomic E-state index is 10.1. The molecule has 0 radical (unpaired) electrons. The highest BCUT2D eigenvalue weighted by molar-refractivity contribution is 5.31. The van der Waals surface area contributed by atoms with Gasteiger partial charge in [0.2, 0.25) is 0 Å². The Kier molecular flexibility index (Phi) is 4.30. The van der Waals surface area contributed by atoms with Crippen molar-refractivity contribution in [3.8, 4) is 5.75 Å². The van der Waals surface area contributed by atoms with Crippen LogP contribution in [0.3, 0.4) is 0 Å². The maximum atomic E-state index is 10.1. The molecule has 1 heterocycles. The van der Waals surface area contributed by atoms with E-state index < -0.39 is 0 Å². The highest BCUT2D eigenvalue weighted by Gasteiger charge is 2.22.